The van der Waals surface area contributed by atoms with Gasteiger partial charge in [0.15, 0.2) is 0 Å². The van der Waals surface area contributed by atoms with Crippen molar-refractivity contribution in [3.63, 3.8) is 0 Å². The third-order valence-corrected chi connectivity index (χ3v) is 5.72. The van der Waals surface area contributed by atoms with E-state index in [-0.39, 0.29) is 11.4 Å². The molecule has 130 valence electrons. The van der Waals surface area contributed by atoms with Crippen LogP contribution in [0.3, 0.4) is 0 Å². The molecule has 1 saturated carbocycles. The zero-order valence-corrected chi connectivity index (χ0v) is 15.0. The summed E-state index contributed by atoms with van der Waals surface area (Å²) in [6.07, 6.45) is 5.02. The molecule has 0 radical (unpaired) electrons. The van der Waals surface area contributed by atoms with Crippen molar-refractivity contribution in [2.75, 3.05) is 6.61 Å². The summed E-state index contributed by atoms with van der Waals surface area (Å²) in [5, 5.41) is 7.01. The lowest BCUT2D eigenvalue weighted by Crippen LogP contribution is -2.24. The highest BCUT2D eigenvalue weighted by Crippen LogP contribution is 2.33. The van der Waals surface area contributed by atoms with E-state index in [0.717, 1.165) is 23.6 Å². The van der Waals surface area contributed by atoms with Crippen LogP contribution in [-0.2, 0) is 16.6 Å². The smallest absolute Gasteiger partial charge is 0.244 e. The molecule has 0 aliphatic heterocycles. The standard InChI is InChI=1S/C16H20ClN3O3S/c1-11-13(9-18-20-11)10-19-24(21,22)16-8-14(17)4-5-15(16)23-7-6-12-2-3-12/h4-5,8-9,12,19H,2-3,6-7,10H2,1H3,(H,18,20). The molecule has 0 unspecified atom stereocenters. The molecule has 2 aromatic rings. The van der Waals surface area contributed by atoms with E-state index in [0.29, 0.717) is 17.4 Å². The number of ether oxygens (including phenoxy) is 1. The monoisotopic (exact) mass is 369 g/mol. The molecule has 24 heavy (non-hydrogen) atoms. The first-order valence-corrected chi connectivity index (χ1v) is 9.72. The Morgan fingerprint density at radius 1 is 1.42 bits per heavy atom. The Morgan fingerprint density at radius 2 is 2.21 bits per heavy atom. The van der Waals surface area contributed by atoms with Crippen LogP contribution in [0.15, 0.2) is 29.3 Å². The van der Waals surface area contributed by atoms with Gasteiger partial charge in [-0.1, -0.05) is 24.4 Å². The summed E-state index contributed by atoms with van der Waals surface area (Å²) in [6.45, 7) is 2.50. The molecule has 1 aromatic heterocycles. The van der Waals surface area contributed by atoms with Crippen molar-refractivity contribution in [1.29, 1.82) is 0 Å². The maximum atomic E-state index is 12.6. The van der Waals surface area contributed by atoms with Crippen molar-refractivity contribution >= 4 is 21.6 Å². The number of nitrogens with zero attached hydrogens (tertiary/aromatic N) is 1. The van der Waals surface area contributed by atoms with Crippen LogP contribution in [0, 0.1) is 12.8 Å². The van der Waals surface area contributed by atoms with Gasteiger partial charge in [0.25, 0.3) is 0 Å². The van der Waals surface area contributed by atoms with Crippen LogP contribution in [0.25, 0.3) is 0 Å². The second kappa shape index (κ2) is 7.13. The van der Waals surface area contributed by atoms with E-state index in [1.807, 2.05) is 6.92 Å². The maximum Gasteiger partial charge on any atom is 0.244 e. The molecule has 0 bridgehead atoms. The molecule has 3 rings (SSSR count). The Kier molecular flexibility index (Phi) is 5.12. The number of nitrogens with one attached hydrogen (secondary N) is 2. The van der Waals surface area contributed by atoms with Crippen molar-refractivity contribution in [2.24, 2.45) is 5.92 Å². The minimum absolute atomic E-state index is 0.0620. The van der Waals surface area contributed by atoms with E-state index in [4.69, 9.17) is 16.3 Å². The van der Waals surface area contributed by atoms with E-state index in [1.54, 1.807) is 18.3 Å². The third kappa shape index (κ3) is 4.28. The highest BCUT2D eigenvalue weighted by molar-refractivity contribution is 7.89. The van der Waals surface area contributed by atoms with Gasteiger partial charge in [0, 0.05) is 22.8 Å². The Labute approximate surface area is 146 Å². The number of aromatic amines is 1. The van der Waals surface area contributed by atoms with Gasteiger partial charge in [0.05, 0.1) is 12.8 Å². The largest absolute Gasteiger partial charge is 0.492 e. The highest BCUT2D eigenvalue weighted by Gasteiger charge is 2.23. The Bertz CT molecular complexity index is 816. The number of aromatic nitrogens is 2. The zero-order valence-electron chi connectivity index (χ0n) is 13.4. The predicted octanol–water partition coefficient (Wildman–Crippen LogP) is 3.03. The summed E-state index contributed by atoms with van der Waals surface area (Å²) < 4.78 is 33.5. The van der Waals surface area contributed by atoms with E-state index >= 15 is 0 Å². The van der Waals surface area contributed by atoms with E-state index in [2.05, 4.69) is 14.9 Å². The summed E-state index contributed by atoms with van der Waals surface area (Å²) >= 11 is 5.98. The van der Waals surface area contributed by atoms with Crippen LogP contribution >= 0.6 is 11.6 Å². The van der Waals surface area contributed by atoms with Gasteiger partial charge >= 0.3 is 0 Å². The molecular formula is C16H20ClN3O3S. The van der Waals surface area contributed by atoms with Crippen molar-refractivity contribution < 1.29 is 13.2 Å². The fraction of sp³-hybridized carbons (Fsp3) is 0.438. The van der Waals surface area contributed by atoms with E-state index < -0.39 is 10.0 Å². The highest BCUT2D eigenvalue weighted by atomic mass is 35.5. The summed E-state index contributed by atoms with van der Waals surface area (Å²) in [7, 11) is -3.74. The molecule has 0 saturated heterocycles. The number of halogens is 1. The number of benzene rings is 1. The minimum atomic E-state index is -3.74. The van der Waals surface area contributed by atoms with Gasteiger partial charge in [0.2, 0.25) is 10.0 Å². The number of sulfonamides is 1. The van der Waals surface area contributed by atoms with Crippen LogP contribution in [0.1, 0.15) is 30.5 Å². The average Bonchev–Trinajstić information content (AvgIpc) is 3.27. The SMILES string of the molecule is Cc1[nH]ncc1CNS(=O)(=O)c1cc(Cl)ccc1OCCC1CC1. The van der Waals surface area contributed by atoms with Gasteiger partial charge in [-0.3, -0.25) is 5.10 Å². The second-order valence-electron chi connectivity index (χ2n) is 6.02. The lowest BCUT2D eigenvalue weighted by Gasteiger charge is -2.13. The number of hydrogen-bond acceptors (Lipinski definition) is 4. The summed E-state index contributed by atoms with van der Waals surface area (Å²) in [5.41, 5.74) is 1.61. The molecule has 0 amide bonds. The van der Waals surface area contributed by atoms with Crippen LogP contribution in [0.5, 0.6) is 5.75 Å². The summed E-state index contributed by atoms with van der Waals surface area (Å²) in [6, 6.07) is 4.65. The Morgan fingerprint density at radius 3 is 2.88 bits per heavy atom. The van der Waals surface area contributed by atoms with Gasteiger partial charge in [0.1, 0.15) is 10.6 Å². The number of aryl methyl sites for hydroxylation is 1. The lowest BCUT2D eigenvalue weighted by atomic mass is 10.3. The predicted molar refractivity (Wildman–Crippen MR) is 91.6 cm³/mol. The molecule has 6 nitrogen and oxygen atoms in total. The second-order valence-corrected chi connectivity index (χ2v) is 8.19. The van der Waals surface area contributed by atoms with Gasteiger partial charge in [-0.05, 0) is 37.5 Å². The Hall–Kier alpha value is -1.57. The summed E-state index contributed by atoms with van der Waals surface area (Å²) in [4.78, 5) is 0.0620. The molecule has 8 heteroatoms. The zero-order chi connectivity index (χ0) is 17.2. The van der Waals surface area contributed by atoms with Gasteiger partial charge in [-0.25, -0.2) is 13.1 Å². The molecule has 1 heterocycles. The molecule has 2 N–H and O–H groups in total. The van der Waals surface area contributed by atoms with E-state index in [9.17, 15) is 8.42 Å². The lowest BCUT2D eigenvalue weighted by molar-refractivity contribution is 0.295. The van der Waals surface area contributed by atoms with Crippen molar-refractivity contribution in [1.82, 2.24) is 14.9 Å². The van der Waals surface area contributed by atoms with Crippen LogP contribution in [0.2, 0.25) is 5.02 Å². The maximum absolute atomic E-state index is 12.6. The average molecular weight is 370 g/mol. The minimum Gasteiger partial charge on any atom is -0.492 e. The first kappa shape index (κ1) is 17.3. The molecule has 1 aliphatic carbocycles. The van der Waals surface area contributed by atoms with Crippen molar-refractivity contribution in [3.05, 3.63) is 40.7 Å². The Balaban J connectivity index is 1.74. The normalized spacial score (nSPS) is 14.8. The first-order valence-electron chi connectivity index (χ1n) is 7.86. The topological polar surface area (TPSA) is 84.1 Å². The molecule has 0 atom stereocenters. The van der Waals surface area contributed by atoms with Gasteiger partial charge < -0.3 is 4.74 Å². The van der Waals surface area contributed by atoms with Crippen LogP contribution in [0.4, 0.5) is 0 Å². The third-order valence-electron chi connectivity index (χ3n) is 4.06. The molecule has 1 aliphatic rings. The number of H-pyrrole nitrogens is 1. The van der Waals surface area contributed by atoms with Crippen molar-refractivity contribution in [3.8, 4) is 5.75 Å². The van der Waals surface area contributed by atoms with Crippen molar-refractivity contribution in [2.45, 2.75) is 37.6 Å². The molecule has 1 aromatic carbocycles. The molecule has 0 spiro atoms. The van der Waals surface area contributed by atoms with Gasteiger partial charge in [-0.2, -0.15) is 5.10 Å². The quantitative estimate of drug-likeness (QED) is 0.749. The number of rotatable bonds is 8. The summed E-state index contributed by atoms with van der Waals surface area (Å²) in [5.74, 6) is 1.05. The number of hydrogen-bond donors (Lipinski definition) is 2. The fourth-order valence-electron chi connectivity index (χ4n) is 2.36. The van der Waals surface area contributed by atoms with Crippen LogP contribution in [-0.4, -0.2) is 25.2 Å². The fourth-order valence-corrected chi connectivity index (χ4v) is 3.77. The van der Waals surface area contributed by atoms with Gasteiger partial charge in [-0.15, -0.1) is 0 Å². The first-order chi connectivity index (χ1) is 11.5. The van der Waals surface area contributed by atoms with Crippen LogP contribution < -0.4 is 9.46 Å². The molecular weight excluding hydrogens is 350 g/mol. The molecule has 1 fully saturated rings. The van der Waals surface area contributed by atoms with E-state index in [1.165, 1.54) is 18.9 Å².